The molecule has 3 aromatic rings. The minimum Gasteiger partial charge on any atom is -0.363 e. The minimum absolute atomic E-state index is 0.221. The number of sulfone groups is 1. The lowest BCUT2D eigenvalue weighted by Crippen LogP contribution is -2.40. The standard InChI is InChI=1S/C20H23ClN6O2S/c1-12-7-16-15(10-27(12)17-8-18(21)25-19-14(17)3-5-22-19)20(24-11-23-16)26-6-4-13(9-26)30(2,28)29/h3,5,8,11-13H,4,6-7,9-10H2,1-2H3,(H,22,25)/t12-,13?/m1/s1. The molecule has 30 heavy (non-hydrogen) atoms. The highest BCUT2D eigenvalue weighted by molar-refractivity contribution is 7.91. The zero-order valence-corrected chi connectivity index (χ0v) is 18.4. The van der Waals surface area contributed by atoms with E-state index in [1.165, 1.54) is 6.26 Å². The first kappa shape index (κ1) is 19.6. The van der Waals surface area contributed by atoms with Crippen LogP contribution in [0.1, 0.15) is 24.6 Å². The average Bonchev–Trinajstić information content (AvgIpc) is 3.35. The van der Waals surface area contributed by atoms with Crippen LogP contribution in [0.2, 0.25) is 5.15 Å². The van der Waals surface area contributed by atoms with Crippen molar-refractivity contribution >= 4 is 44.0 Å². The SMILES string of the molecule is C[C@@H]1Cc2ncnc(N3CCC(S(C)(=O)=O)C3)c2CN1c1cc(Cl)nc2[nH]ccc12. The van der Waals surface area contributed by atoms with Gasteiger partial charge in [-0.2, -0.15) is 0 Å². The van der Waals surface area contributed by atoms with E-state index < -0.39 is 9.84 Å². The first-order valence-corrected chi connectivity index (χ1v) is 12.3. The van der Waals surface area contributed by atoms with E-state index in [4.69, 9.17) is 11.6 Å². The van der Waals surface area contributed by atoms with E-state index in [-0.39, 0.29) is 11.3 Å². The highest BCUT2D eigenvalue weighted by atomic mass is 35.5. The number of aromatic nitrogens is 4. The Kier molecular flexibility index (Phi) is 4.62. The minimum atomic E-state index is -3.07. The van der Waals surface area contributed by atoms with Crippen molar-refractivity contribution in [3.63, 3.8) is 0 Å². The Labute approximate surface area is 180 Å². The third kappa shape index (κ3) is 3.30. The Bertz CT molecular complexity index is 1230. The van der Waals surface area contributed by atoms with E-state index in [1.54, 1.807) is 6.33 Å². The Balaban J connectivity index is 1.53. The van der Waals surface area contributed by atoms with Crippen LogP contribution < -0.4 is 9.80 Å². The molecule has 2 aliphatic heterocycles. The van der Waals surface area contributed by atoms with Gasteiger partial charge in [0.25, 0.3) is 0 Å². The lowest BCUT2D eigenvalue weighted by molar-refractivity contribution is 0.579. The van der Waals surface area contributed by atoms with Crippen molar-refractivity contribution in [2.45, 2.75) is 37.6 Å². The highest BCUT2D eigenvalue weighted by Gasteiger charge is 2.34. The summed E-state index contributed by atoms with van der Waals surface area (Å²) in [6, 6.07) is 4.13. The fraction of sp³-hybridized carbons (Fsp3) is 0.450. The Morgan fingerprint density at radius 3 is 2.90 bits per heavy atom. The highest BCUT2D eigenvalue weighted by Crippen LogP contribution is 2.37. The summed E-state index contributed by atoms with van der Waals surface area (Å²) >= 11 is 6.29. The molecule has 0 aliphatic carbocycles. The second-order valence-corrected chi connectivity index (χ2v) is 10.9. The molecule has 0 amide bonds. The number of H-pyrrole nitrogens is 1. The van der Waals surface area contributed by atoms with Gasteiger partial charge in [-0.05, 0) is 25.5 Å². The second-order valence-electron chi connectivity index (χ2n) is 8.19. The molecule has 0 bridgehead atoms. The number of rotatable bonds is 3. The van der Waals surface area contributed by atoms with Gasteiger partial charge in [-0.1, -0.05) is 11.6 Å². The summed E-state index contributed by atoms with van der Waals surface area (Å²) in [4.78, 5) is 21.0. The van der Waals surface area contributed by atoms with Gasteiger partial charge in [0.15, 0.2) is 9.84 Å². The largest absolute Gasteiger partial charge is 0.363 e. The molecule has 0 aromatic carbocycles. The summed E-state index contributed by atoms with van der Waals surface area (Å²) in [5.41, 5.74) is 3.86. The summed E-state index contributed by atoms with van der Waals surface area (Å²) in [5, 5.41) is 1.12. The van der Waals surface area contributed by atoms with Crippen LogP contribution in [-0.2, 0) is 22.8 Å². The molecular formula is C20H23ClN6O2S. The van der Waals surface area contributed by atoms with Gasteiger partial charge in [-0.15, -0.1) is 0 Å². The number of pyridine rings is 1. The van der Waals surface area contributed by atoms with Crippen molar-refractivity contribution in [3.05, 3.63) is 41.1 Å². The number of hydrogen-bond donors (Lipinski definition) is 1. The lowest BCUT2D eigenvalue weighted by atomic mass is 9.98. The zero-order valence-electron chi connectivity index (χ0n) is 16.8. The van der Waals surface area contributed by atoms with Crippen LogP contribution in [0.3, 0.4) is 0 Å². The molecule has 10 heteroatoms. The third-order valence-corrected chi connectivity index (χ3v) is 7.99. The molecule has 2 atom stereocenters. The lowest BCUT2D eigenvalue weighted by Gasteiger charge is -2.38. The van der Waals surface area contributed by atoms with Crippen molar-refractivity contribution in [1.82, 2.24) is 19.9 Å². The molecular weight excluding hydrogens is 424 g/mol. The van der Waals surface area contributed by atoms with Crippen LogP contribution >= 0.6 is 11.6 Å². The molecule has 1 fully saturated rings. The molecule has 3 aromatic heterocycles. The molecule has 8 nitrogen and oxygen atoms in total. The number of fused-ring (bicyclic) bond motifs is 2. The van der Waals surface area contributed by atoms with Crippen LogP contribution in [0.15, 0.2) is 24.7 Å². The first-order valence-electron chi connectivity index (χ1n) is 9.98. The number of nitrogens with zero attached hydrogens (tertiary/aromatic N) is 5. The van der Waals surface area contributed by atoms with E-state index >= 15 is 0 Å². The zero-order chi connectivity index (χ0) is 21.0. The number of hydrogen-bond acceptors (Lipinski definition) is 7. The Morgan fingerprint density at radius 2 is 2.13 bits per heavy atom. The maximum absolute atomic E-state index is 12.0. The fourth-order valence-corrected chi connectivity index (χ4v) is 5.76. The molecule has 2 aliphatic rings. The van der Waals surface area contributed by atoms with Crippen LogP contribution in [0.4, 0.5) is 11.5 Å². The molecule has 1 N–H and O–H groups in total. The quantitative estimate of drug-likeness (QED) is 0.618. The molecule has 5 rings (SSSR count). The third-order valence-electron chi connectivity index (χ3n) is 6.20. The van der Waals surface area contributed by atoms with Crippen molar-refractivity contribution in [2.75, 3.05) is 29.1 Å². The molecule has 1 saturated heterocycles. The van der Waals surface area contributed by atoms with Crippen molar-refractivity contribution in [3.8, 4) is 0 Å². The summed E-state index contributed by atoms with van der Waals surface area (Å²) in [6.45, 7) is 3.96. The molecule has 5 heterocycles. The van der Waals surface area contributed by atoms with E-state index in [1.807, 2.05) is 18.3 Å². The van der Waals surface area contributed by atoms with Crippen LogP contribution in [-0.4, -0.2) is 59.0 Å². The molecule has 1 unspecified atom stereocenters. The van der Waals surface area contributed by atoms with Gasteiger partial charge in [0.05, 0.1) is 16.6 Å². The normalized spacial score (nSPS) is 22.0. The van der Waals surface area contributed by atoms with Crippen molar-refractivity contribution in [1.29, 1.82) is 0 Å². The van der Waals surface area contributed by atoms with Crippen LogP contribution in [0.5, 0.6) is 0 Å². The predicted octanol–water partition coefficient (Wildman–Crippen LogP) is 2.58. The fourth-order valence-electron chi connectivity index (χ4n) is 4.58. The first-order chi connectivity index (χ1) is 14.3. The van der Waals surface area contributed by atoms with Crippen molar-refractivity contribution < 1.29 is 8.42 Å². The molecule has 0 saturated carbocycles. The second kappa shape index (κ2) is 7.09. The van der Waals surface area contributed by atoms with Crippen LogP contribution in [0.25, 0.3) is 11.0 Å². The van der Waals surface area contributed by atoms with Gasteiger partial charge in [0.1, 0.15) is 22.9 Å². The average molecular weight is 447 g/mol. The predicted molar refractivity (Wildman–Crippen MR) is 118 cm³/mol. The van der Waals surface area contributed by atoms with Gasteiger partial charge >= 0.3 is 0 Å². The molecule has 0 spiro atoms. The number of aromatic amines is 1. The monoisotopic (exact) mass is 446 g/mol. The van der Waals surface area contributed by atoms with Crippen molar-refractivity contribution in [2.24, 2.45) is 0 Å². The van der Waals surface area contributed by atoms with Gasteiger partial charge in [-0.3, -0.25) is 0 Å². The summed E-state index contributed by atoms with van der Waals surface area (Å²) < 4.78 is 24.0. The number of anilines is 2. The maximum Gasteiger partial charge on any atom is 0.152 e. The summed E-state index contributed by atoms with van der Waals surface area (Å²) in [5.74, 6) is 0.841. The Hall–Kier alpha value is -2.39. The molecule has 0 radical (unpaired) electrons. The van der Waals surface area contributed by atoms with E-state index in [9.17, 15) is 8.42 Å². The van der Waals surface area contributed by atoms with Gasteiger partial charge in [0.2, 0.25) is 0 Å². The molecule has 158 valence electrons. The van der Waals surface area contributed by atoms with Crippen LogP contribution in [0, 0.1) is 0 Å². The number of nitrogens with one attached hydrogen (secondary N) is 1. The number of halogens is 1. The van der Waals surface area contributed by atoms with E-state index in [2.05, 4.69) is 36.7 Å². The topological polar surface area (TPSA) is 95.1 Å². The summed E-state index contributed by atoms with van der Waals surface area (Å²) in [6.07, 6.45) is 6.18. The van der Waals surface area contributed by atoms with Gasteiger partial charge < -0.3 is 14.8 Å². The summed E-state index contributed by atoms with van der Waals surface area (Å²) in [7, 11) is -3.07. The van der Waals surface area contributed by atoms with E-state index in [0.717, 1.165) is 40.2 Å². The smallest absolute Gasteiger partial charge is 0.152 e. The maximum atomic E-state index is 12.0. The van der Waals surface area contributed by atoms with E-state index in [0.29, 0.717) is 31.2 Å². The Morgan fingerprint density at radius 1 is 1.30 bits per heavy atom. The van der Waals surface area contributed by atoms with Gasteiger partial charge in [-0.25, -0.2) is 23.4 Å². The van der Waals surface area contributed by atoms with Gasteiger partial charge in [0, 0.05) is 55.5 Å².